The Labute approximate surface area is 121 Å². The molecule has 1 rings (SSSR count). The standard InChI is InChI=1S/C16H26N2O2/c1-12(14-5-7-15(20-3)8-6-14)10-11-18-16(19)9-4-13(2)17/h5-8,12-13H,4,9-11,17H2,1-3H3,(H,18,19). The summed E-state index contributed by atoms with van der Waals surface area (Å²) in [5.74, 6) is 1.36. The molecule has 0 aliphatic heterocycles. The lowest BCUT2D eigenvalue weighted by Gasteiger charge is -2.13. The Morgan fingerprint density at radius 3 is 2.45 bits per heavy atom. The fourth-order valence-electron chi connectivity index (χ4n) is 1.97. The monoisotopic (exact) mass is 278 g/mol. The van der Waals surface area contributed by atoms with Gasteiger partial charge in [0.15, 0.2) is 0 Å². The molecule has 0 aliphatic rings. The van der Waals surface area contributed by atoms with Gasteiger partial charge in [0.25, 0.3) is 0 Å². The van der Waals surface area contributed by atoms with Crippen molar-refractivity contribution >= 4 is 5.91 Å². The van der Waals surface area contributed by atoms with Crippen LogP contribution in [0.4, 0.5) is 0 Å². The van der Waals surface area contributed by atoms with E-state index in [4.69, 9.17) is 10.5 Å². The predicted octanol–water partition coefficient (Wildman–Crippen LogP) is 2.43. The van der Waals surface area contributed by atoms with E-state index in [9.17, 15) is 4.79 Å². The molecular formula is C16H26N2O2. The van der Waals surface area contributed by atoms with Gasteiger partial charge in [0.05, 0.1) is 7.11 Å². The Hall–Kier alpha value is -1.55. The molecule has 0 spiro atoms. The SMILES string of the molecule is COc1ccc(C(C)CCNC(=O)CCC(C)N)cc1. The second-order valence-electron chi connectivity index (χ2n) is 5.33. The van der Waals surface area contributed by atoms with Crippen molar-refractivity contribution in [2.45, 2.75) is 45.1 Å². The summed E-state index contributed by atoms with van der Waals surface area (Å²) in [6.07, 6.45) is 2.17. The average Bonchev–Trinajstić information content (AvgIpc) is 2.45. The van der Waals surface area contributed by atoms with Gasteiger partial charge < -0.3 is 15.8 Å². The molecule has 20 heavy (non-hydrogen) atoms. The van der Waals surface area contributed by atoms with Crippen LogP contribution in [-0.2, 0) is 4.79 Å². The number of carbonyl (C=O) groups is 1. The van der Waals surface area contributed by atoms with Crippen LogP contribution in [0, 0.1) is 0 Å². The third-order valence-electron chi connectivity index (χ3n) is 3.41. The van der Waals surface area contributed by atoms with Crippen molar-refractivity contribution in [1.29, 1.82) is 0 Å². The zero-order valence-electron chi connectivity index (χ0n) is 12.7. The third kappa shape index (κ3) is 6.06. The van der Waals surface area contributed by atoms with Crippen LogP contribution in [0.1, 0.15) is 44.6 Å². The number of hydrogen-bond acceptors (Lipinski definition) is 3. The van der Waals surface area contributed by atoms with E-state index in [2.05, 4.69) is 24.4 Å². The van der Waals surface area contributed by atoms with Crippen molar-refractivity contribution < 1.29 is 9.53 Å². The fourth-order valence-corrected chi connectivity index (χ4v) is 1.97. The van der Waals surface area contributed by atoms with Crippen molar-refractivity contribution in [3.8, 4) is 5.75 Å². The van der Waals surface area contributed by atoms with E-state index in [1.54, 1.807) is 7.11 Å². The van der Waals surface area contributed by atoms with Gasteiger partial charge in [0, 0.05) is 19.0 Å². The molecule has 1 aromatic carbocycles. The van der Waals surface area contributed by atoms with Gasteiger partial charge in [-0.05, 0) is 43.4 Å². The zero-order valence-corrected chi connectivity index (χ0v) is 12.7. The van der Waals surface area contributed by atoms with Crippen LogP contribution in [0.5, 0.6) is 5.75 Å². The maximum atomic E-state index is 11.6. The van der Waals surface area contributed by atoms with Crippen LogP contribution in [0.15, 0.2) is 24.3 Å². The topological polar surface area (TPSA) is 64.3 Å². The minimum atomic E-state index is 0.0824. The summed E-state index contributed by atoms with van der Waals surface area (Å²) in [6, 6.07) is 8.15. The first kappa shape index (κ1) is 16.5. The molecular weight excluding hydrogens is 252 g/mol. The molecule has 0 fully saturated rings. The first-order valence-corrected chi connectivity index (χ1v) is 7.19. The number of hydrogen-bond donors (Lipinski definition) is 2. The van der Waals surface area contributed by atoms with Gasteiger partial charge in [-0.3, -0.25) is 4.79 Å². The maximum Gasteiger partial charge on any atom is 0.220 e. The van der Waals surface area contributed by atoms with E-state index in [0.29, 0.717) is 18.9 Å². The van der Waals surface area contributed by atoms with Gasteiger partial charge in [0.2, 0.25) is 5.91 Å². The Bertz CT molecular complexity index is 401. The van der Waals surface area contributed by atoms with Crippen molar-refractivity contribution in [2.75, 3.05) is 13.7 Å². The number of nitrogens with two attached hydrogens (primary N) is 1. The summed E-state index contributed by atoms with van der Waals surface area (Å²) in [4.78, 5) is 11.6. The summed E-state index contributed by atoms with van der Waals surface area (Å²) in [5.41, 5.74) is 6.89. The quantitative estimate of drug-likeness (QED) is 0.767. The predicted molar refractivity (Wildman–Crippen MR) is 81.9 cm³/mol. The lowest BCUT2D eigenvalue weighted by Crippen LogP contribution is -2.27. The number of nitrogens with one attached hydrogen (secondary N) is 1. The minimum absolute atomic E-state index is 0.0824. The zero-order chi connectivity index (χ0) is 15.0. The molecule has 4 heteroatoms. The van der Waals surface area contributed by atoms with Crippen LogP contribution < -0.4 is 15.8 Å². The van der Waals surface area contributed by atoms with Gasteiger partial charge in [-0.15, -0.1) is 0 Å². The summed E-state index contributed by atoms with van der Waals surface area (Å²) in [5, 5.41) is 2.94. The number of amides is 1. The summed E-state index contributed by atoms with van der Waals surface area (Å²) in [7, 11) is 1.66. The van der Waals surface area contributed by atoms with Crippen LogP contribution in [-0.4, -0.2) is 25.6 Å². The molecule has 0 saturated carbocycles. The molecule has 1 aromatic rings. The molecule has 0 saturated heterocycles. The second kappa shape index (κ2) is 8.59. The Morgan fingerprint density at radius 2 is 1.90 bits per heavy atom. The number of carbonyl (C=O) groups excluding carboxylic acids is 1. The largest absolute Gasteiger partial charge is 0.497 e. The molecule has 112 valence electrons. The summed E-state index contributed by atoms with van der Waals surface area (Å²) < 4.78 is 5.14. The van der Waals surface area contributed by atoms with Crippen LogP contribution in [0.3, 0.4) is 0 Å². The fraction of sp³-hybridized carbons (Fsp3) is 0.562. The van der Waals surface area contributed by atoms with Gasteiger partial charge >= 0.3 is 0 Å². The van der Waals surface area contributed by atoms with Crippen molar-refractivity contribution in [3.63, 3.8) is 0 Å². The first-order valence-electron chi connectivity index (χ1n) is 7.19. The molecule has 4 nitrogen and oxygen atoms in total. The highest BCUT2D eigenvalue weighted by Crippen LogP contribution is 2.21. The molecule has 2 unspecified atom stereocenters. The maximum absolute atomic E-state index is 11.6. The van der Waals surface area contributed by atoms with E-state index < -0.39 is 0 Å². The van der Waals surface area contributed by atoms with E-state index in [0.717, 1.165) is 18.6 Å². The second-order valence-corrected chi connectivity index (χ2v) is 5.33. The number of rotatable bonds is 8. The van der Waals surface area contributed by atoms with Crippen molar-refractivity contribution in [1.82, 2.24) is 5.32 Å². The van der Waals surface area contributed by atoms with E-state index in [1.165, 1.54) is 5.56 Å². The molecule has 0 heterocycles. The van der Waals surface area contributed by atoms with Crippen molar-refractivity contribution in [2.24, 2.45) is 5.73 Å². The third-order valence-corrected chi connectivity index (χ3v) is 3.41. The van der Waals surface area contributed by atoms with Crippen molar-refractivity contribution in [3.05, 3.63) is 29.8 Å². The van der Waals surface area contributed by atoms with E-state index >= 15 is 0 Å². The van der Waals surface area contributed by atoms with Gasteiger partial charge in [-0.25, -0.2) is 0 Å². The molecule has 0 radical (unpaired) electrons. The summed E-state index contributed by atoms with van der Waals surface area (Å²) >= 11 is 0. The highest BCUT2D eigenvalue weighted by molar-refractivity contribution is 5.75. The van der Waals surface area contributed by atoms with E-state index in [-0.39, 0.29) is 11.9 Å². The van der Waals surface area contributed by atoms with E-state index in [1.807, 2.05) is 19.1 Å². The first-order chi connectivity index (χ1) is 9.52. The van der Waals surface area contributed by atoms with Crippen LogP contribution in [0.2, 0.25) is 0 Å². The molecule has 1 amide bonds. The van der Waals surface area contributed by atoms with Crippen LogP contribution in [0.25, 0.3) is 0 Å². The smallest absolute Gasteiger partial charge is 0.220 e. The molecule has 3 N–H and O–H groups in total. The Kier molecular flexibility index (Phi) is 7.09. The van der Waals surface area contributed by atoms with Gasteiger partial charge in [0.1, 0.15) is 5.75 Å². The Balaban J connectivity index is 2.28. The molecule has 0 aliphatic carbocycles. The average molecular weight is 278 g/mol. The number of benzene rings is 1. The number of ether oxygens (including phenoxy) is 1. The van der Waals surface area contributed by atoms with Gasteiger partial charge in [-0.2, -0.15) is 0 Å². The van der Waals surface area contributed by atoms with Gasteiger partial charge in [-0.1, -0.05) is 19.1 Å². The normalized spacial score (nSPS) is 13.6. The summed E-state index contributed by atoms with van der Waals surface area (Å²) in [6.45, 7) is 4.78. The number of methoxy groups -OCH3 is 1. The molecule has 2 atom stereocenters. The highest BCUT2D eigenvalue weighted by atomic mass is 16.5. The minimum Gasteiger partial charge on any atom is -0.497 e. The molecule has 0 bridgehead atoms. The van der Waals surface area contributed by atoms with Crippen LogP contribution >= 0.6 is 0 Å². The highest BCUT2D eigenvalue weighted by Gasteiger charge is 2.07. The lowest BCUT2D eigenvalue weighted by molar-refractivity contribution is -0.121. The lowest BCUT2D eigenvalue weighted by atomic mass is 9.98. The Morgan fingerprint density at radius 1 is 1.25 bits per heavy atom. The molecule has 0 aromatic heterocycles.